The predicted molar refractivity (Wildman–Crippen MR) is 45.1 cm³/mol. The summed E-state index contributed by atoms with van der Waals surface area (Å²) in [4.78, 5) is 0. The Morgan fingerprint density at radius 3 is 2.46 bits per heavy atom. The lowest BCUT2D eigenvalue weighted by molar-refractivity contribution is -0.0888. The molecule has 0 aromatic carbocycles. The second kappa shape index (κ2) is 3.18. The van der Waals surface area contributed by atoms with Gasteiger partial charge < -0.3 is 5.73 Å². The van der Waals surface area contributed by atoms with E-state index in [1.54, 1.807) is 0 Å². The Balaban J connectivity index is 2.77. The average Bonchev–Trinajstić information content (AvgIpc) is 2.04. The summed E-state index contributed by atoms with van der Waals surface area (Å²) in [6.45, 7) is 2.21. The van der Waals surface area contributed by atoms with E-state index in [1.165, 1.54) is 12.2 Å². The molecule has 1 atom stereocenters. The van der Waals surface area contributed by atoms with E-state index < -0.39 is 11.7 Å². The van der Waals surface area contributed by atoms with Crippen LogP contribution in [0.15, 0.2) is 23.8 Å². The molecule has 1 aliphatic carbocycles. The van der Waals surface area contributed by atoms with Gasteiger partial charge in [0, 0.05) is 12.0 Å². The van der Waals surface area contributed by atoms with Crippen molar-refractivity contribution in [2.75, 3.05) is 6.54 Å². The molecule has 0 aromatic heterocycles. The number of halogens is 3. The summed E-state index contributed by atoms with van der Waals surface area (Å²) in [5.74, 6) is 0. The van der Waals surface area contributed by atoms with Crippen LogP contribution in [0.3, 0.4) is 0 Å². The third kappa shape index (κ3) is 2.34. The van der Waals surface area contributed by atoms with E-state index in [0.29, 0.717) is 13.0 Å². The minimum absolute atomic E-state index is 0.311. The van der Waals surface area contributed by atoms with Crippen LogP contribution < -0.4 is 5.73 Å². The average molecular weight is 191 g/mol. The second-order valence-electron chi connectivity index (χ2n) is 3.55. The number of hydrogen-bond donors (Lipinski definition) is 1. The van der Waals surface area contributed by atoms with Crippen LogP contribution in [0.4, 0.5) is 13.2 Å². The number of nitrogens with two attached hydrogens (primary N) is 1. The Kier molecular flexibility index (Phi) is 2.52. The summed E-state index contributed by atoms with van der Waals surface area (Å²) < 4.78 is 36.4. The quantitative estimate of drug-likeness (QED) is 0.676. The van der Waals surface area contributed by atoms with Gasteiger partial charge in [-0.25, -0.2) is 0 Å². The predicted octanol–water partition coefficient (Wildman–Crippen LogP) is 2.40. The Bertz CT molecular complexity index is 252. The Hall–Kier alpha value is -0.770. The highest BCUT2D eigenvalue weighted by Crippen LogP contribution is 2.35. The number of allylic oxidation sites excluding steroid dienone is 3. The van der Waals surface area contributed by atoms with Gasteiger partial charge in [-0.1, -0.05) is 25.2 Å². The maximum Gasteiger partial charge on any atom is 0.416 e. The van der Waals surface area contributed by atoms with E-state index in [9.17, 15) is 13.2 Å². The van der Waals surface area contributed by atoms with Gasteiger partial charge in [0.15, 0.2) is 0 Å². The molecule has 0 amide bonds. The smallest absolute Gasteiger partial charge is 0.330 e. The number of rotatable bonds is 1. The molecule has 0 bridgehead atoms. The van der Waals surface area contributed by atoms with E-state index in [0.717, 1.165) is 6.08 Å². The zero-order chi connectivity index (χ0) is 10.1. The van der Waals surface area contributed by atoms with Crippen LogP contribution >= 0.6 is 0 Å². The minimum atomic E-state index is -4.23. The Labute approximate surface area is 75.1 Å². The molecule has 0 aliphatic heterocycles. The zero-order valence-electron chi connectivity index (χ0n) is 7.36. The molecule has 0 saturated carbocycles. The van der Waals surface area contributed by atoms with Crippen molar-refractivity contribution in [1.29, 1.82) is 0 Å². The lowest BCUT2D eigenvalue weighted by Gasteiger charge is -2.26. The van der Waals surface area contributed by atoms with E-state index in [1.807, 2.05) is 6.92 Å². The molecule has 2 N–H and O–H groups in total. The summed E-state index contributed by atoms with van der Waals surface area (Å²) in [5, 5.41) is 0. The van der Waals surface area contributed by atoms with E-state index in [4.69, 9.17) is 5.73 Å². The SMILES string of the molecule is CC1(CN)C=CC(C(F)(F)F)=CC1. The van der Waals surface area contributed by atoms with Gasteiger partial charge in [-0.15, -0.1) is 0 Å². The summed E-state index contributed by atoms with van der Waals surface area (Å²) in [5.41, 5.74) is 4.55. The van der Waals surface area contributed by atoms with Gasteiger partial charge in [0.25, 0.3) is 0 Å². The minimum Gasteiger partial charge on any atom is -0.330 e. The lowest BCUT2D eigenvalue weighted by atomic mass is 9.82. The maximum atomic E-state index is 12.1. The van der Waals surface area contributed by atoms with Gasteiger partial charge >= 0.3 is 6.18 Å². The van der Waals surface area contributed by atoms with Gasteiger partial charge in [-0.05, 0) is 6.42 Å². The van der Waals surface area contributed by atoms with Crippen molar-refractivity contribution in [3.8, 4) is 0 Å². The monoisotopic (exact) mass is 191 g/mol. The molecule has 4 heteroatoms. The first kappa shape index (κ1) is 10.3. The third-order valence-electron chi connectivity index (χ3n) is 2.25. The van der Waals surface area contributed by atoms with Gasteiger partial charge in [-0.3, -0.25) is 0 Å². The highest BCUT2D eigenvalue weighted by Gasteiger charge is 2.34. The topological polar surface area (TPSA) is 26.0 Å². The molecule has 1 nitrogen and oxygen atoms in total. The molecule has 0 aromatic rings. The van der Waals surface area contributed by atoms with E-state index in [2.05, 4.69) is 0 Å². The zero-order valence-corrected chi connectivity index (χ0v) is 7.36. The highest BCUT2D eigenvalue weighted by atomic mass is 19.4. The normalized spacial score (nSPS) is 28.8. The fraction of sp³-hybridized carbons (Fsp3) is 0.556. The van der Waals surface area contributed by atoms with Crippen LogP contribution in [-0.2, 0) is 0 Å². The first-order chi connectivity index (χ1) is 5.87. The van der Waals surface area contributed by atoms with Gasteiger partial charge in [0.2, 0.25) is 0 Å². The standard InChI is InChI=1S/C9H12F3N/c1-8(6-13)4-2-7(3-5-8)9(10,11)12/h2-4H,5-6,13H2,1H3. The van der Waals surface area contributed by atoms with Crippen molar-refractivity contribution < 1.29 is 13.2 Å². The molecule has 1 rings (SSSR count). The fourth-order valence-electron chi connectivity index (χ4n) is 1.13. The third-order valence-corrected chi connectivity index (χ3v) is 2.25. The molecule has 1 unspecified atom stereocenters. The highest BCUT2D eigenvalue weighted by molar-refractivity contribution is 5.30. The molecule has 1 aliphatic rings. The van der Waals surface area contributed by atoms with Crippen LogP contribution in [0.1, 0.15) is 13.3 Å². The van der Waals surface area contributed by atoms with Gasteiger partial charge in [-0.2, -0.15) is 13.2 Å². The largest absolute Gasteiger partial charge is 0.416 e. The van der Waals surface area contributed by atoms with Crippen molar-refractivity contribution in [2.45, 2.75) is 19.5 Å². The summed E-state index contributed by atoms with van der Waals surface area (Å²) in [7, 11) is 0. The summed E-state index contributed by atoms with van der Waals surface area (Å²) >= 11 is 0. The lowest BCUT2D eigenvalue weighted by Crippen LogP contribution is -2.27. The molecule has 0 heterocycles. The van der Waals surface area contributed by atoms with Crippen LogP contribution in [0, 0.1) is 5.41 Å². The van der Waals surface area contributed by atoms with Crippen LogP contribution in [-0.4, -0.2) is 12.7 Å². The molecule has 0 saturated heterocycles. The second-order valence-corrected chi connectivity index (χ2v) is 3.55. The molecule has 0 radical (unpaired) electrons. The van der Waals surface area contributed by atoms with Crippen molar-refractivity contribution in [1.82, 2.24) is 0 Å². The first-order valence-corrected chi connectivity index (χ1v) is 4.04. The number of hydrogen-bond acceptors (Lipinski definition) is 1. The Morgan fingerprint density at radius 1 is 1.54 bits per heavy atom. The van der Waals surface area contributed by atoms with Gasteiger partial charge in [0.05, 0.1) is 5.57 Å². The molecule has 74 valence electrons. The van der Waals surface area contributed by atoms with E-state index >= 15 is 0 Å². The molecular formula is C9H12F3N. The maximum absolute atomic E-state index is 12.1. The summed E-state index contributed by atoms with van der Waals surface area (Å²) in [6, 6.07) is 0. The molecule has 0 fully saturated rings. The molecule has 13 heavy (non-hydrogen) atoms. The van der Waals surface area contributed by atoms with Crippen LogP contribution in [0.2, 0.25) is 0 Å². The van der Waals surface area contributed by atoms with Crippen molar-refractivity contribution in [2.24, 2.45) is 11.1 Å². The van der Waals surface area contributed by atoms with Crippen molar-refractivity contribution in [3.05, 3.63) is 23.8 Å². The molecule has 0 spiro atoms. The van der Waals surface area contributed by atoms with Crippen molar-refractivity contribution in [3.63, 3.8) is 0 Å². The first-order valence-electron chi connectivity index (χ1n) is 4.04. The number of alkyl halides is 3. The van der Waals surface area contributed by atoms with Crippen LogP contribution in [0.25, 0.3) is 0 Å². The fourth-order valence-corrected chi connectivity index (χ4v) is 1.13. The summed E-state index contributed by atoms with van der Waals surface area (Å²) in [6.07, 6.45) is -0.0275. The van der Waals surface area contributed by atoms with E-state index in [-0.39, 0.29) is 5.41 Å². The van der Waals surface area contributed by atoms with Crippen molar-refractivity contribution >= 4 is 0 Å². The van der Waals surface area contributed by atoms with Crippen LogP contribution in [0.5, 0.6) is 0 Å². The van der Waals surface area contributed by atoms with Gasteiger partial charge in [0.1, 0.15) is 0 Å². The molecular weight excluding hydrogens is 179 g/mol. The Morgan fingerprint density at radius 2 is 2.15 bits per heavy atom.